The fraction of sp³-hybridized carbons (Fsp3) is 0.913. The highest BCUT2D eigenvalue weighted by molar-refractivity contribution is 5.82. The van der Waals surface area contributed by atoms with Crippen LogP contribution in [0.4, 0.5) is 0 Å². The molecule has 0 unspecified atom stereocenters. The summed E-state index contributed by atoms with van der Waals surface area (Å²) in [4.78, 5) is 26.5. The Hall–Kier alpha value is -0.940. The van der Waals surface area contributed by atoms with Crippen LogP contribution >= 0.6 is 0 Å². The normalized spacial score (nSPS) is 23.3. The molecule has 1 aliphatic heterocycles. The van der Waals surface area contributed by atoms with Crippen LogP contribution in [-0.4, -0.2) is 56.6 Å². The fourth-order valence-corrected chi connectivity index (χ4v) is 4.53. The molecule has 0 spiro atoms. The third kappa shape index (κ3) is 8.20. The molecule has 0 atom stereocenters. The van der Waals surface area contributed by atoms with E-state index in [9.17, 15) is 9.59 Å². The molecule has 5 nitrogen and oxygen atoms in total. The Morgan fingerprint density at radius 1 is 0.893 bits per heavy atom. The van der Waals surface area contributed by atoms with Gasteiger partial charge in [-0.2, -0.15) is 0 Å². The number of carbonyl (C=O) groups excluding carboxylic acids is 2. The number of Topliss-reactive ketones (excluding diaryl/α,β-unsaturated/α-hetero) is 1. The Bertz CT molecular complexity index is 436. The topological polar surface area (TPSA) is 55.8 Å². The van der Waals surface area contributed by atoms with Crippen LogP contribution in [0.2, 0.25) is 0 Å². The second-order valence-corrected chi connectivity index (χ2v) is 8.24. The molecule has 0 aromatic heterocycles. The number of methoxy groups -OCH3 is 1. The lowest BCUT2D eigenvalue weighted by atomic mass is 9.71. The van der Waals surface area contributed by atoms with Crippen molar-refractivity contribution in [2.24, 2.45) is 23.7 Å². The third-order valence-corrected chi connectivity index (χ3v) is 6.19. The van der Waals surface area contributed by atoms with Crippen molar-refractivity contribution in [1.29, 1.82) is 0 Å². The molecule has 28 heavy (non-hydrogen) atoms. The van der Waals surface area contributed by atoms with Crippen LogP contribution in [-0.2, 0) is 19.1 Å². The summed E-state index contributed by atoms with van der Waals surface area (Å²) in [6, 6.07) is 0. The van der Waals surface area contributed by atoms with E-state index in [1.807, 2.05) is 32.6 Å². The lowest BCUT2D eigenvalue weighted by Gasteiger charge is -2.39. The van der Waals surface area contributed by atoms with E-state index in [4.69, 9.17) is 9.47 Å². The minimum absolute atomic E-state index is 0.171. The highest BCUT2D eigenvalue weighted by Crippen LogP contribution is 2.38. The number of likely N-dealkylation sites (tertiary alicyclic amines) is 1. The number of carbonyl (C=O) groups is 2. The summed E-state index contributed by atoms with van der Waals surface area (Å²) in [6.45, 7) is 11.4. The predicted molar refractivity (Wildman–Crippen MR) is 113 cm³/mol. The van der Waals surface area contributed by atoms with Crippen molar-refractivity contribution in [2.45, 2.75) is 72.6 Å². The average molecular weight is 398 g/mol. The predicted octanol–water partition coefficient (Wildman–Crippen LogP) is 4.34. The van der Waals surface area contributed by atoms with Gasteiger partial charge >= 0.3 is 0 Å². The van der Waals surface area contributed by atoms with Gasteiger partial charge in [-0.15, -0.1) is 0 Å². The first-order chi connectivity index (χ1) is 13.5. The molecule has 0 bridgehead atoms. The van der Waals surface area contributed by atoms with Gasteiger partial charge in [-0.3, -0.25) is 9.59 Å². The molecule has 2 fully saturated rings. The first-order valence-electron chi connectivity index (χ1n) is 11.4. The van der Waals surface area contributed by atoms with Gasteiger partial charge in [-0.05, 0) is 50.4 Å². The van der Waals surface area contributed by atoms with E-state index in [0.717, 1.165) is 50.6 Å². The number of ketones is 1. The van der Waals surface area contributed by atoms with Gasteiger partial charge in [0.1, 0.15) is 5.78 Å². The van der Waals surface area contributed by atoms with Gasteiger partial charge in [-0.1, -0.05) is 27.7 Å². The average Bonchev–Trinajstić information content (AvgIpc) is 2.74. The van der Waals surface area contributed by atoms with Crippen LogP contribution in [0.25, 0.3) is 0 Å². The highest BCUT2D eigenvalue weighted by atomic mass is 16.5. The molecule has 1 saturated carbocycles. The summed E-state index contributed by atoms with van der Waals surface area (Å²) in [7, 11) is 1.65. The van der Waals surface area contributed by atoms with Crippen molar-refractivity contribution in [2.75, 3.05) is 40.0 Å². The maximum atomic E-state index is 12.3. The molecule has 1 heterocycles. The smallest absolute Gasteiger partial charge is 0.224 e. The molecule has 0 N–H and O–H groups in total. The third-order valence-electron chi connectivity index (χ3n) is 6.19. The van der Waals surface area contributed by atoms with Gasteiger partial charge in [-0.25, -0.2) is 0 Å². The lowest BCUT2D eigenvalue weighted by molar-refractivity contribution is -0.134. The zero-order chi connectivity index (χ0) is 20.9. The molecule has 5 heteroatoms. The van der Waals surface area contributed by atoms with Gasteiger partial charge in [0.15, 0.2) is 0 Å². The van der Waals surface area contributed by atoms with E-state index in [2.05, 4.69) is 0 Å². The zero-order valence-electron chi connectivity index (χ0n) is 18.9. The Labute approximate surface area is 172 Å². The molecular weight excluding hydrogens is 354 g/mol. The Morgan fingerprint density at radius 3 is 2.00 bits per heavy atom. The number of nitrogens with zero attached hydrogens (tertiary/aromatic N) is 1. The number of amides is 1. The molecule has 2 rings (SSSR count). The summed E-state index contributed by atoms with van der Waals surface area (Å²) in [6.07, 6.45) is 7.22. The van der Waals surface area contributed by atoms with Gasteiger partial charge in [0.05, 0.1) is 26.2 Å². The SMILES string of the molecule is CC.COCCOCCC(=O)N1CCC(C2CCC(C(=O)C(C)C)CC2)CC1. The minimum atomic E-state index is 0.171. The Kier molecular flexibility index (Phi) is 12.6. The summed E-state index contributed by atoms with van der Waals surface area (Å²) in [5.41, 5.74) is 0. The van der Waals surface area contributed by atoms with Crippen molar-refractivity contribution in [3.63, 3.8) is 0 Å². The number of ether oxygens (including phenoxy) is 2. The summed E-state index contributed by atoms with van der Waals surface area (Å²) in [5, 5.41) is 0. The van der Waals surface area contributed by atoms with E-state index in [0.29, 0.717) is 37.9 Å². The van der Waals surface area contributed by atoms with E-state index in [1.165, 1.54) is 12.8 Å². The largest absolute Gasteiger partial charge is 0.382 e. The number of rotatable bonds is 9. The molecule has 2 aliphatic rings. The maximum Gasteiger partial charge on any atom is 0.224 e. The van der Waals surface area contributed by atoms with Crippen LogP contribution in [0, 0.1) is 23.7 Å². The number of hydrogen-bond donors (Lipinski definition) is 0. The van der Waals surface area contributed by atoms with E-state index in [1.54, 1.807) is 7.11 Å². The second kappa shape index (κ2) is 14.1. The van der Waals surface area contributed by atoms with Crippen LogP contribution in [0.15, 0.2) is 0 Å². The summed E-state index contributed by atoms with van der Waals surface area (Å²) < 4.78 is 10.3. The van der Waals surface area contributed by atoms with Crippen LogP contribution in [0.3, 0.4) is 0 Å². The van der Waals surface area contributed by atoms with Crippen molar-refractivity contribution >= 4 is 11.7 Å². The van der Waals surface area contributed by atoms with E-state index in [-0.39, 0.29) is 11.8 Å². The first-order valence-corrected chi connectivity index (χ1v) is 11.4. The van der Waals surface area contributed by atoms with E-state index < -0.39 is 0 Å². The standard InChI is InChI=1S/C21H37NO4.C2H6/c1-16(2)21(24)19-6-4-17(5-7-19)18-8-11-22(12-9-18)20(23)10-13-26-15-14-25-3;1-2/h16-19H,4-15H2,1-3H3;1-2H3. The molecule has 0 radical (unpaired) electrons. The molecule has 0 aromatic rings. The maximum absolute atomic E-state index is 12.3. The van der Waals surface area contributed by atoms with Gasteiger partial charge in [0.25, 0.3) is 0 Å². The second-order valence-electron chi connectivity index (χ2n) is 8.24. The van der Waals surface area contributed by atoms with Crippen molar-refractivity contribution in [3.05, 3.63) is 0 Å². The quantitative estimate of drug-likeness (QED) is 0.543. The molecule has 0 aromatic carbocycles. The zero-order valence-corrected chi connectivity index (χ0v) is 18.9. The highest BCUT2D eigenvalue weighted by Gasteiger charge is 2.33. The van der Waals surface area contributed by atoms with Crippen molar-refractivity contribution < 1.29 is 19.1 Å². The van der Waals surface area contributed by atoms with Gasteiger partial charge in [0.2, 0.25) is 5.91 Å². The molecule has 1 amide bonds. The van der Waals surface area contributed by atoms with Crippen LogP contribution in [0.1, 0.15) is 72.6 Å². The summed E-state index contributed by atoms with van der Waals surface area (Å²) in [5.74, 6) is 2.62. The monoisotopic (exact) mass is 397 g/mol. The van der Waals surface area contributed by atoms with Crippen LogP contribution in [0.5, 0.6) is 0 Å². The fourth-order valence-electron chi connectivity index (χ4n) is 4.53. The Morgan fingerprint density at radius 2 is 1.46 bits per heavy atom. The lowest BCUT2D eigenvalue weighted by Crippen LogP contribution is -2.41. The summed E-state index contributed by atoms with van der Waals surface area (Å²) >= 11 is 0. The van der Waals surface area contributed by atoms with Crippen molar-refractivity contribution in [1.82, 2.24) is 4.90 Å². The van der Waals surface area contributed by atoms with Crippen LogP contribution < -0.4 is 0 Å². The van der Waals surface area contributed by atoms with Gasteiger partial charge < -0.3 is 14.4 Å². The molecule has 1 aliphatic carbocycles. The molecule has 1 saturated heterocycles. The Balaban J connectivity index is 0.00000190. The first kappa shape index (κ1) is 25.1. The van der Waals surface area contributed by atoms with Crippen molar-refractivity contribution in [3.8, 4) is 0 Å². The molecule has 164 valence electrons. The molecular formula is C23H43NO4. The number of piperidine rings is 1. The van der Waals surface area contributed by atoms with E-state index >= 15 is 0 Å². The number of hydrogen-bond acceptors (Lipinski definition) is 4. The minimum Gasteiger partial charge on any atom is -0.382 e. The van der Waals surface area contributed by atoms with Gasteiger partial charge in [0, 0.05) is 32.0 Å².